The van der Waals surface area contributed by atoms with Crippen molar-refractivity contribution >= 4 is 51.7 Å². The molecule has 1 atom stereocenters. The molecule has 0 bridgehead atoms. The van der Waals surface area contributed by atoms with Gasteiger partial charge in [0.2, 0.25) is 10.0 Å². The van der Waals surface area contributed by atoms with Crippen LogP contribution in [0.1, 0.15) is 26.7 Å². The number of aliphatic imine (C=N–C) groups is 1. The Kier molecular flexibility index (Phi) is 11.9. The summed E-state index contributed by atoms with van der Waals surface area (Å²) in [6, 6.07) is 0. The largest absolute Gasteiger partial charge is 0.356 e. The summed E-state index contributed by atoms with van der Waals surface area (Å²) in [5, 5.41) is 4.03. The monoisotopic (exact) mass is 478 g/mol. The van der Waals surface area contributed by atoms with Gasteiger partial charge in [-0.15, -0.1) is 24.0 Å². The molecular formula is C14H31IN4O2S2. The summed E-state index contributed by atoms with van der Waals surface area (Å²) in [6.07, 6.45) is 1.95. The molecule has 0 aromatic heterocycles. The minimum absolute atomic E-state index is 0. The molecule has 1 aliphatic rings. The van der Waals surface area contributed by atoms with Crippen molar-refractivity contribution in [1.29, 1.82) is 0 Å². The average Bonchev–Trinajstić information content (AvgIpc) is 2.54. The highest BCUT2D eigenvalue weighted by Crippen LogP contribution is 2.20. The number of hydrogen-bond acceptors (Lipinski definition) is 4. The number of nitrogens with zero attached hydrogens (tertiary/aromatic N) is 3. The van der Waals surface area contributed by atoms with Crippen molar-refractivity contribution in [2.45, 2.75) is 31.9 Å². The second kappa shape index (κ2) is 11.8. The van der Waals surface area contributed by atoms with Gasteiger partial charge in [0.15, 0.2) is 5.96 Å². The number of nitrogens with one attached hydrogen (secondary N) is 1. The maximum absolute atomic E-state index is 11.7. The molecule has 1 heterocycles. The molecule has 1 unspecified atom stereocenters. The van der Waals surface area contributed by atoms with Crippen LogP contribution in [0.5, 0.6) is 0 Å². The predicted octanol–water partition coefficient (Wildman–Crippen LogP) is 1.68. The van der Waals surface area contributed by atoms with Crippen LogP contribution in [0, 0.1) is 0 Å². The number of sulfonamides is 1. The summed E-state index contributed by atoms with van der Waals surface area (Å²) in [6.45, 7) is 7.21. The van der Waals surface area contributed by atoms with E-state index in [-0.39, 0.29) is 29.7 Å². The highest BCUT2D eigenvalue weighted by Gasteiger charge is 2.21. The van der Waals surface area contributed by atoms with Gasteiger partial charge in [-0.2, -0.15) is 11.8 Å². The van der Waals surface area contributed by atoms with Crippen LogP contribution in [0.25, 0.3) is 0 Å². The summed E-state index contributed by atoms with van der Waals surface area (Å²) >= 11 is 2.03. The second-order valence-corrected chi connectivity index (χ2v) is 9.17. The van der Waals surface area contributed by atoms with Gasteiger partial charge < -0.3 is 10.2 Å². The van der Waals surface area contributed by atoms with E-state index in [1.54, 1.807) is 21.0 Å². The molecule has 6 nitrogen and oxygen atoms in total. The number of rotatable bonds is 7. The Balaban J connectivity index is 0.00000484. The maximum atomic E-state index is 11.7. The van der Waals surface area contributed by atoms with Crippen LogP contribution in [-0.2, 0) is 10.0 Å². The van der Waals surface area contributed by atoms with Gasteiger partial charge in [-0.05, 0) is 19.8 Å². The lowest BCUT2D eigenvalue weighted by Crippen LogP contribution is -2.48. The third-order valence-corrected chi connectivity index (χ3v) is 7.11. The van der Waals surface area contributed by atoms with Crippen molar-refractivity contribution in [2.24, 2.45) is 4.99 Å². The summed E-state index contributed by atoms with van der Waals surface area (Å²) in [5.41, 5.74) is 0. The third kappa shape index (κ3) is 7.78. The Labute approximate surface area is 162 Å². The molecule has 1 saturated heterocycles. The van der Waals surface area contributed by atoms with E-state index in [9.17, 15) is 8.42 Å². The van der Waals surface area contributed by atoms with E-state index >= 15 is 0 Å². The minimum atomic E-state index is -3.07. The highest BCUT2D eigenvalue weighted by molar-refractivity contribution is 14.0. The van der Waals surface area contributed by atoms with E-state index in [4.69, 9.17) is 0 Å². The van der Waals surface area contributed by atoms with Crippen molar-refractivity contribution in [3.8, 4) is 0 Å². The molecule has 9 heteroatoms. The van der Waals surface area contributed by atoms with E-state index < -0.39 is 10.0 Å². The Morgan fingerprint density at radius 1 is 1.43 bits per heavy atom. The third-order valence-electron chi connectivity index (χ3n) is 3.88. The first-order chi connectivity index (χ1) is 10.4. The van der Waals surface area contributed by atoms with E-state index in [0.29, 0.717) is 11.8 Å². The van der Waals surface area contributed by atoms with Gasteiger partial charge in [0, 0.05) is 51.3 Å². The molecule has 0 aromatic rings. The zero-order valence-electron chi connectivity index (χ0n) is 14.6. The second-order valence-electron chi connectivity index (χ2n) is 5.40. The summed E-state index contributed by atoms with van der Waals surface area (Å²) < 4.78 is 24.8. The van der Waals surface area contributed by atoms with Gasteiger partial charge >= 0.3 is 0 Å². The minimum Gasteiger partial charge on any atom is -0.356 e. The quantitative estimate of drug-likeness (QED) is 0.261. The fourth-order valence-electron chi connectivity index (χ4n) is 2.35. The summed E-state index contributed by atoms with van der Waals surface area (Å²) in [5.74, 6) is 2.22. The first kappa shape index (κ1) is 23.3. The van der Waals surface area contributed by atoms with Crippen LogP contribution < -0.4 is 5.32 Å². The fourth-order valence-corrected chi connectivity index (χ4v) is 4.38. The standard InChI is InChI=1S/C14H30N4O2S2.HI/c1-5-13-12-18(10-11-21-13)14(15-3)16-8-7-9-17(4)22(19,20)6-2;/h13H,5-12H2,1-4H3,(H,15,16);1H. The van der Waals surface area contributed by atoms with E-state index in [2.05, 4.69) is 22.1 Å². The Bertz CT molecular complexity index is 460. The summed E-state index contributed by atoms with van der Waals surface area (Å²) in [7, 11) is 0.371. The molecule has 138 valence electrons. The summed E-state index contributed by atoms with van der Waals surface area (Å²) in [4.78, 5) is 6.66. The lowest BCUT2D eigenvalue weighted by molar-refractivity contribution is 0.405. The molecule has 0 amide bonds. The molecule has 0 saturated carbocycles. The normalized spacial score (nSPS) is 19.6. The molecule has 23 heavy (non-hydrogen) atoms. The van der Waals surface area contributed by atoms with Gasteiger partial charge in [0.05, 0.1) is 5.75 Å². The Hall–Kier alpha value is 0.260. The molecule has 0 spiro atoms. The number of hydrogen-bond donors (Lipinski definition) is 1. The highest BCUT2D eigenvalue weighted by atomic mass is 127. The molecule has 1 rings (SSSR count). The number of thioether (sulfide) groups is 1. The average molecular weight is 478 g/mol. The van der Waals surface area contributed by atoms with E-state index in [1.807, 2.05) is 11.8 Å². The fraction of sp³-hybridized carbons (Fsp3) is 0.929. The Morgan fingerprint density at radius 3 is 2.70 bits per heavy atom. The Morgan fingerprint density at radius 2 is 2.13 bits per heavy atom. The molecule has 0 aromatic carbocycles. The predicted molar refractivity (Wildman–Crippen MR) is 112 cm³/mol. The smallest absolute Gasteiger partial charge is 0.213 e. The van der Waals surface area contributed by atoms with Gasteiger partial charge in [-0.1, -0.05) is 6.92 Å². The first-order valence-corrected chi connectivity index (χ1v) is 10.6. The van der Waals surface area contributed by atoms with Crippen LogP contribution in [0.3, 0.4) is 0 Å². The van der Waals surface area contributed by atoms with Crippen LogP contribution in [0.2, 0.25) is 0 Å². The van der Waals surface area contributed by atoms with Crippen LogP contribution in [0.4, 0.5) is 0 Å². The van der Waals surface area contributed by atoms with Crippen LogP contribution in [-0.4, -0.2) is 80.6 Å². The molecule has 1 N–H and O–H groups in total. The molecular weight excluding hydrogens is 447 g/mol. The van der Waals surface area contributed by atoms with Crippen LogP contribution in [0.15, 0.2) is 4.99 Å². The lowest BCUT2D eigenvalue weighted by Gasteiger charge is -2.34. The molecule has 0 radical (unpaired) electrons. The van der Waals surface area contributed by atoms with Gasteiger partial charge in [-0.3, -0.25) is 4.99 Å². The van der Waals surface area contributed by atoms with Crippen molar-refractivity contribution in [2.75, 3.05) is 51.8 Å². The van der Waals surface area contributed by atoms with Crippen molar-refractivity contribution in [1.82, 2.24) is 14.5 Å². The molecule has 1 fully saturated rings. The topological polar surface area (TPSA) is 65.0 Å². The first-order valence-electron chi connectivity index (χ1n) is 7.95. The van der Waals surface area contributed by atoms with E-state index in [1.165, 1.54) is 10.7 Å². The molecule has 1 aliphatic heterocycles. The van der Waals surface area contributed by atoms with Crippen molar-refractivity contribution in [3.63, 3.8) is 0 Å². The van der Waals surface area contributed by atoms with E-state index in [0.717, 1.165) is 37.8 Å². The number of guanidine groups is 1. The van der Waals surface area contributed by atoms with Crippen molar-refractivity contribution in [3.05, 3.63) is 0 Å². The SMILES string of the molecule is CCC1CN(C(=NC)NCCCN(C)S(=O)(=O)CC)CCS1.I. The van der Waals surface area contributed by atoms with Gasteiger partial charge in [-0.25, -0.2) is 12.7 Å². The zero-order valence-corrected chi connectivity index (χ0v) is 18.6. The zero-order chi connectivity index (χ0) is 16.6. The van der Waals surface area contributed by atoms with Crippen molar-refractivity contribution < 1.29 is 8.42 Å². The molecule has 0 aliphatic carbocycles. The van der Waals surface area contributed by atoms with Crippen LogP contribution >= 0.6 is 35.7 Å². The van der Waals surface area contributed by atoms with Gasteiger partial charge in [0.1, 0.15) is 0 Å². The van der Waals surface area contributed by atoms with Gasteiger partial charge in [0.25, 0.3) is 0 Å². The number of halogens is 1. The maximum Gasteiger partial charge on any atom is 0.213 e. The lowest BCUT2D eigenvalue weighted by atomic mass is 10.3.